The lowest BCUT2D eigenvalue weighted by molar-refractivity contribution is 0.0907. The second-order valence-corrected chi connectivity index (χ2v) is 7.85. The summed E-state index contributed by atoms with van der Waals surface area (Å²) >= 11 is 0. The molecule has 122 valence electrons. The van der Waals surface area contributed by atoms with Gasteiger partial charge in [0.15, 0.2) is 15.6 Å². The molecule has 1 heterocycles. The fraction of sp³-hybridized carbons (Fsp3) is 0.312. The number of halogens is 1. The molecule has 0 bridgehead atoms. The number of furan rings is 1. The van der Waals surface area contributed by atoms with E-state index in [9.17, 15) is 17.6 Å². The van der Waals surface area contributed by atoms with Crippen LogP contribution in [0.4, 0.5) is 4.39 Å². The van der Waals surface area contributed by atoms with Crippen molar-refractivity contribution >= 4 is 15.7 Å². The van der Waals surface area contributed by atoms with E-state index in [1.165, 1.54) is 18.2 Å². The van der Waals surface area contributed by atoms with Crippen LogP contribution in [0.1, 0.15) is 39.9 Å². The first kappa shape index (κ1) is 15.7. The molecule has 1 amide bonds. The summed E-state index contributed by atoms with van der Waals surface area (Å²) in [7, 11) is -3.22. The molecule has 0 saturated carbocycles. The molecule has 3 rings (SSSR count). The third-order valence-electron chi connectivity index (χ3n) is 3.81. The molecule has 1 atom stereocenters. The van der Waals surface area contributed by atoms with Gasteiger partial charge in [0, 0.05) is 6.26 Å². The SMILES string of the molecule is CS(=O)(=O)Cc1ccc(C(=O)N[C@H]2CCc3c(F)cccc32)o1. The molecule has 5 nitrogen and oxygen atoms in total. The number of carbonyl (C=O) groups excluding carboxylic acids is 1. The van der Waals surface area contributed by atoms with Crippen LogP contribution >= 0.6 is 0 Å². The molecule has 7 heteroatoms. The zero-order valence-corrected chi connectivity index (χ0v) is 13.3. The standard InChI is InChI=1S/C16H16FNO4S/c1-23(20,21)9-10-5-8-15(22-10)16(19)18-14-7-6-11-12(14)3-2-4-13(11)17/h2-5,8,14H,6-7,9H2,1H3,(H,18,19)/t14-/m0/s1. The second kappa shape index (κ2) is 5.81. The lowest BCUT2D eigenvalue weighted by atomic mass is 10.1. The Labute approximate surface area is 133 Å². The van der Waals surface area contributed by atoms with E-state index in [0.29, 0.717) is 18.4 Å². The zero-order valence-electron chi connectivity index (χ0n) is 12.5. The van der Waals surface area contributed by atoms with Crippen molar-refractivity contribution in [2.75, 3.05) is 6.26 Å². The second-order valence-electron chi connectivity index (χ2n) is 5.71. The summed E-state index contributed by atoms with van der Waals surface area (Å²) in [6, 6.07) is 7.47. The Balaban J connectivity index is 1.73. The smallest absolute Gasteiger partial charge is 0.287 e. The van der Waals surface area contributed by atoms with Gasteiger partial charge in [-0.05, 0) is 42.2 Å². The first-order valence-corrected chi connectivity index (χ1v) is 9.24. The maximum absolute atomic E-state index is 13.7. The van der Waals surface area contributed by atoms with Gasteiger partial charge in [-0.25, -0.2) is 12.8 Å². The summed E-state index contributed by atoms with van der Waals surface area (Å²) in [4.78, 5) is 12.2. The van der Waals surface area contributed by atoms with Crippen LogP contribution in [0.25, 0.3) is 0 Å². The van der Waals surface area contributed by atoms with Crippen LogP contribution < -0.4 is 5.32 Å². The van der Waals surface area contributed by atoms with Crippen molar-refractivity contribution in [3.63, 3.8) is 0 Å². The van der Waals surface area contributed by atoms with Gasteiger partial charge in [0.1, 0.15) is 17.3 Å². The molecule has 1 aliphatic carbocycles. The van der Waals surface area contributed by atoms with Crippen molar-refractivity contribution < 1.29 is 22.0 Å². The molecule has 1 N–H and O–H groups in total. The normalized spacial score (nSPS) is 17.0. The van der Waals surface area contributed by atoms with Gasteiger partial charge < -0.3 is 9.73 Å². The zero-order chi connectivity index (χ0) is 16.6. The molecule has 0 saturated heterocycles. The number of hydrogen-bond donors (Lipinski definition) is 1. The van der Waals surface area contributed by atoms with Crippen LogP contribution in [0.2, 0.25) is 0 Å². The number of carbonyl (C=O) groups is 1. The first-order chi connectivity index (χ1) is 10.8. The van der Waals surface area contributed by atoms with Gasteiger partial charge in [-0.3, -0.25) is 4.79 Å². The molecule has 23 heavy (non-hydrogen) atoms. The lowest BCUT2D eigenvalue weighted by Crippen LogP contribution is -2.26. The lowest BCUT2D eigenvalue weighted by Gasteiger charge is -2.13. The monoisotopic (exact) mass is 337 g/mol. The number of sulfone groups is 1. The van der Waals surface area contributed by atoms with Crippen LogP contribution in [0.5, 0.6) is 0 Å². The molecule has 0 spiro atoms. The Kier molecular flexibility index (Phi) is 3.97. The minimum absolute atomic E-state index is 0.0495. The van der Waals surface area contributed by atoms with Crippen LogP contribution in [0.3, 0.4) is 0 Å². The first-order valence-electron chi connectivity index (χ1n) is 7.18. The molecule has 0 radical (unpaired) electrons. The molecule has 1 aromatic carbocycles. The van der Waals surface area contributed by atoms with Crippen LogP contribution in [-0.4, -0.2) is 20.6 Å². The van der Waals surface area contributed by atoms with E-state index in [1.807, 2.05) is 0 Å². The van der Waals surface area contributed by atoms with Gasteiger partial charge in [-0.15, -0.1) is 0 Å². The molecule has 1 aromatic heterocycles. The van der Waals surface area contributed by atoms with Crippen molar-refractivity contribution in [2.45, 2.75) is 24.6 Å². The Morgan fingerprint density at radius 3 is 2.87 bits per heavy atom. The Morgan fingerprint density at radius 1 is 1.35 bits per heavy atom. The predicted octanol–water partition coefficient (Wildman–Crippen LogP) is 2.38. The average Bonchev–Trinajstić information content (AvgIpc) is 3.05. The van der Waals surface area contributed by atoms with Crippen molar-refractivity contribution in [3.05, 3.63) is 58.8 Å². The van der Waals surface area contributed by atoms with Crippen molar-refractivity contribution in [1.82, 2.24) is 5.32 Å². The predicted molar refractivity (Wildman–Crippen MR) is 82.2 cm³/mol. The summed E-state index contributed by atoms with van der Waals surface area (Å²) in [6.45, 7) is 0. The van der Waals surface area contributed by atoms with Crippen molar-refractivity contribution in [1.29, 1.82) is 0 Å². The topological polar surface area (TPSA) is 76.4 Å². The van der Waals surface area contributed by atoms with E-state index >= 15 is 0 Å². The number of amides is 1. The molecular formula is C16H16FNO4S. The summed E-state index contributed by atoms with van der Waals surface area (Å²) in [5.74, 6) is -0.679. The summed E-state index contributed by atoms with van der Waals surface area (Å²) in [6.07, 6.45) is 2.29. The van der Waals surface area contributed by atoms with Gasteiger partial charge in [0.05, 0.1) is 6.04 Å². The van der Waals surface area contributed by atoms with Gasteiger partial charge >= 0.3 is 0 Å². The largest absolute Gasteiger partial charge is 0.455 e. The summed E-state index contributed by atoms with van der Waals surface area (Å²) in [5, 5.41) is 2.81. The van der Waals surface area contributed by atoms with Crippen molar-refractivity contribution in [2.24, 2.45) is 0 Å². The Hall–Kier alpha value is -2.15. The van der Waals surface area contributed by atoms with E-state index < -0.39 is 15.7 Å². The Morgan fingerprint density at radius 2 is 2.13 bits per heavy atom. The van der Waals surface area contributed by atoms with Gasteiger partial charge in [0.25, 0.3) is 5.91 Å². The highest BCUT2D eigenvalue weighted by Gasteiger charge is 2.27. The van der Waals surface area contributed by atoms with Crippen LogP contribution in [-0.2, 0) is 22.0 Å². The van der Waals surface area contributed by atoms with E-state index in [0.717, 1.165) is 11.8 Å². The fourth-order valence-electron chi connectivity index (χ4n) is 2.82. The van der Waals surface area contributed by atoms with Gasteiger partial charge in [0.2, 0.25) is 0 Å². The maximum Gasteiger partial charge on any atom is 0.287 e. The minimum atomic E-state index is -3.22. The van der Waals surface area contributed by atoms with E-state index in [1.54, 1.807) is 12.1 Å². The maximum atomic E-state index is 13.7. The van der Waals surface area contributed by atoms with Gasteiger partial charge in [-0.1, -0.05) is 12.1 Å². The number of benzene rings is 1. The van der Waals surface area contributed by atoms with Gasteiger partial charge in [-0.2, -0.15) is 0 Å². The van der Waals surface area contributed by atoms with E-state index in [-0.39, 0.29) is 29.1 Å². The number of hydrogen-bond acceptors (Lipinski definition) is 4. The minimum Gasteiger partial charge on any atom is -0.455 e. The number of fused-ring (bicyclic) bond motifs is 1. The molecule has 0 fully saturated rings. The molecule has 1 aliphatic rings. The highest BCUT2D eigenvalue weighted by atomic mass is 32.2. The fourth-order valence-corrected chi connectivity index (χ4v) is 3.50. The average molecular weight is 337 g/mol. The summed E-state index contributed by atoms with van der Waals surface area (Å²) in [5.41, 5.74) is 1.41. The van der Waals surface area contributed by atoms with E-state index in [2.05, 4.69) is 5.32 Å². The molecular weight excluding hydrogens is 321 g/mol. The molecule has 0 aliphatic heterocycles. The van der Waals surface area contributed by atoms with E-state index in [4.69, 9.17) is 4.42 Å². The number of nitrogens with one attached hydrogen (secondary N) is 1. The van der Waals surface area contributed by atoms with Crippen LogP contribution in [0, 0.1) is 5.82 Å². The third-order valence-corrected chi connectivity index (χ3v) is 4.62. The molecule has 2 aromatic rings. The molecule has 0 unspecified atom stereocenters. The quantitative estimate of drug-likeness (QED) is 0.929. The highest BCUT2D eigenvalue weighted by molar-refractivity contribution is 7.89. The number of rotatable bonds is 4. The van der Waals surface area contributed by atoms with Crippen molar-refractivity contribution in [3.8, 4) is 0 Å². The summed E-state index contributed by atoms with van der Waals surface area (Å²) < 4.78 is 41.4. The Bertz CT molecular complexity index is 857. The van der Waals surface area contributed by atoms with Crippen LogP contribution in [0.15, 0.2) is 34.7 Å². The highest BCUT2D eigenvalue weighted by Crippen LogP contribution is 2.32. The third kappa shape index (κ3) is 3.44.